The van der Waals surface area contributed by atoms with Gasteiger partial charge in [0.15, 0.2) is 5.60 Å². The smallest absolute Gasteiger partial charge is 0.309 e. The van der Waals surface area contributed by atoms with Gasteiger partial charge in [0.1, 0.15) is 5.75 Å². The van der Waals surface area contributed by atoms with E-state index in [1.165, 1.54) is 0 Å². The number of amides is 1. The van der Waals surface area contributed by atoms with E-state index in [0.29, 0.717) is 30.0 Å². The second kappa shape index (κ2) is 8.32. The summed E-state index contributed by atoms with van der Waals surface area (Å²) in [6.45, 7) is 5.40. The van der Waals surface area contributed by atoms with E-state index in [1.807, 2.05) is 6.92 Å². The molecule has 2 saturated carbocycles. The Labute approximate surface area is 172 Å². The largest absolute Gasteiger partial charge is 0.481 e. The number of halogens is 1. The molecule has 1 aromatic rings. The van der Waals surface area contributed by atoms with Crippen molar-refractivity contribution in [3.63, 3.8) is 0 Å². The second-order valence-electron chi connectivity index (χ2n) is 8.58. The Balaban J connectivity index is 0.00000280. The van der Waals surface area contributed by atoms with Crippen LogP contribution in [-0.4, -0.2) is 28.6 Å². The molecule has 5 nitrogen and oxygen atoms in total. The third-order valence-corrected chi connectivity index (χ3v) is 6.44. The topological polar surface area (TPSA) is 75.6 Å². The number of benzene rings is 1. The molecule has 0 aliphatic heterocycles. The van der Waals surface area contributed by atoms with E-state index in [-0.39, 0.29) is 25.3 Å². The zero-order valence-corrected chi connectivity index (χ0v) is 16.9. The van der Waals surface area contributed by atoms with Crippen LogP contribution >= 0.6 is 11.6 Å². The average molecular weight is 410 g/mol. The maximum Gasteiger partial charge on any atom is 0.309 e. The minimum absolute atomic E-state index is 0. The van der Waals surface area contributed by atoms with Crippen LogP contribution in [0.15, 0.2) is 18.2 Å². The van der Waals surface area contributed by atoms with Gasteiger partial charge in [0.05, 0.1) is 5.41 Å². The zero-order chi connectivity index (χ0) is 19.8. The molecule has 2 N–H and O–H groups in total. The number of ether oxygens (including phenoxy) is 1. The van der Waals surface area contributed by atoms with E-state index < -0.39 is 17.0 Å². The standard InChI is InChI=1S/C21H28ClNO4.CH4/c1-13-11-15(22)6-7-17(13)27-20(2,3)18(24)23-16-8-10-21(19(25)26)9-4-5-14(16)12-21;/h6-7,11,14,16H,4-5,8-10,12H2,1-3H3,(H,23,24)(H,25,26);1H4/t14-,16?,21?;/m0./s1. The summed E-state index contributed by atoms with van der Waals surface area (Å²) in [5.74, 6) is 0.000439. The highest BCUT2D eigenvalue weighted by molar-refractivity contribution is 6.30. The fraction of sp³-hybridized carbons (Fsp3) is 0.636. The Morgan fingerprint density at radius 3 is 2.64 bits per heavy atom. The summed E-state index contributed by atoms with van der Waals surface area (Å²) in [6, 6.07) is 5.33. The van der Waals surface area contributed by atoms with Gasteiger partial charge in [0.25, 0.3) is 5.91 Å². The lowest BCUT2D eigenvalue weighted by atomic mass is 9.60. The van der Waals surface area contributed by atoms with Crippen LogP contribution in [0.3, 0.4) is 0 Å². The van der Waals surface area contributed by atoms with Crippen LogP contribution in [0.2, 0.25) is 5.02 Å². The highest BCUT2D eigenvalue weighted by Gasteiger charge is 2.49. The number of fused-ring (bicyclic) bond motifs is 2. The first kappa shape index (κ1) is 22.5. The molecular formula is C22H32ClNO4. The molecule has 2 aliphatic carbocycles. The van der Waals surface area contributed by atoms with E-state index >= 15 is 0 Å². The van der Waals surface area contributed by atoms with Crippen LogP contribution in [0, 0.1) is 18.3 Å². The normalized spacial score (nSPS) is 26.7. The van der Waals surface area contributed by atoms with E-state index in [2.05, 4.69) is 5.32 Å². The molecule has 2 aliphatic rings. The highest BCUT2D eigenvalue weighted by Crippen LogP contribution is 2.49. The van der Waals surface area contributed by atoms with E-state index in [4.69, 9.17) is 16.3 Å². The Kier molecular flexibility index (Phi) is 6.70. The highest BCUT2D eigenvalue weighted by atomic mass is 35.5. The number of hydrogen-bond acceptors (Lipinski definition) is 3. The van der Waals surface area contributed by atoms with Gasteiger partial charge in [0, 0.05) is 11.1 Å². The summed E-state index contributed by atoms with van der Waals surface area (Å²) in [7, 11) is 0. The number of hydrogen-bond donors (Lipinski definition) is 2. The lowest BCUT2D eigenvalue weighted by Crippen LogP contribution is -2.55. The van der Waals surface area contributed by atoms with Crippen LogP contribution in [0.4, 0.5) is 0 Å². The van der Waals surface area contributed by atoms with Crippen molar-refractivity contribution in [1.82, 2.24) is 5.32 Å². The fourth-order valence-electron chi connectivity index (χ4n) is 4.53. The molecular weight excluding hydrogens is 378 g/mol. The lowest BCUT2D eigenvalue weighted by molar-refractivity contribution is -0.155. The maximum atomic E-state index is 12.9. The number of carbonyl (C=O) groups excluding carboxylic acids is 1. The first-order valence-corrected chi connectivity index (χ1v) is 10.0. The number of aryl methyl sites for hydroxylation is 1. The van der Waals surface area contributed by atoms with Gasteiger partial charge >= 0.3 is 5.97 Å². The molecule has 2 bridgehead atoms. The van der Waals surface area contributed by atoms with Crippen molar-refractivity contribution in [3.05, 3.63) is 28.8 Å². The molecule has 0 spiro atoms. The van der Waals surface area contributed by atoms with E-state index in [9.17, 15) is 14.7 Å². The first-order valence-electron chi connectivity index (χ1n) is 9.62. The summed E-state index contributed by atoms with van der Waals surface area (Å²) >= 11 is 5.99. The molecule has 2 fully saturated rings. The number of rotatable bonds is 5. The van der Waals surface area contributed by atoms with Gasteiger partial charge in [0.2, 0.25) is 0 Å². The van der Waals surface area contributed by atoms with Gasteiger partial charge in [-0.3, -0.25) is 9.59 Å². The number of carboxylic acids is 1. The average Bonchev–Trinajstić information content (AvgIpc) is 2.60. The molecule has 0 aromatic heterocycles. The van der Waals surface area contributed by atoms with Crippen molar-refractivity contribution in [2.45, 2.75) is 78.4 Å². The molecule has 3 atom stereocenters. The van der Waals surface area contributed by atoms with Crippen LogP contribution in [0.5, 0.6) is 5.75 Å². The third-order valence-electron chi connectivity index (χ3n) is 6.21. The summed E-state index contributed by atoms with van der Waals surface area (Å²) in [5.41, 5.74) is -0.745. The zero-order valence-electron chi connectivity index (χ0n) is 16.2. The molecule has 0 saturated heterocycles. The van der Waals surface area contributed by atoms with Crippen molar-refractivity contribution < 1.29 is 19.4 Å². The maximum absolute atomic E-state index is 12.9. The third kappa shape index (κ3) is 4.45. The Bertz CT molecular complexity index is 748. The molecule has 156 valence electrons. The quantitative estimate of drug-likeness (QED) is 0.718. The molecule has 1 amide bonds. The van der Waals surface area contributed by atoms with Crippen LogP contribution in [-0.2, 0) is 9.59 Å². The van der Waals surface area contributed by atoms with Gasteiger partial charge in [-0.1, -0.05) is 25.4 Å². The molecule has 2 unspecified atom stereocenters. The number of nitrogens with one attached hydrogen (secondary N) is 1. The summed E-state index contributed by atoms with van der Waals surface area (Å²) in [6.07, 6.45) is 4.62. The van der Waals surface area contributed by atoms with Gasteiger partial charge in [-0.05, 0) is 82.6 Å². The number of carboxylic acid groups (broad SMARTS) is 1. The van der Waals surface area contributed by atoms with Crippen molar-refractivity contribution in [3.8, 4) is 5.75 Å². The van der Waals surface area contributed by atoms with Crippen molar-refractivity contribution in [2.75, 3.05) is 0 Å². The van der Waals surface area contributed by atoms with Crippen LogP contribution in [0.25, 0.3) is 0 Å². The molecule has 6 heteroatoms. The first-order chi connectivity index (χ1) is 12.6. The van der Waals surface area contributed by atoms with Gasteiger partial charge in [-0.25, -0.2) is 0 Å². The minimum atomic E-state index is -1.03. The molecule has 0 heterocycles. The minimum Gasteiger partial charge on any atom is -0.481 e. The Hall–Kier alpha value is -1.75. The van der Waals surface area contributed by atoms with Gasteiger partial charge in [-0.2, -0.15) is 0 Å². The summed E-state index contributed by atoms with van der Waals surface area (Å²) in [4.78, 5) is 24.6. The fourth-order valence-corrected chi connectivity index (χ4v) is 4.76. The lowest BCUT2D eigenvalue weighted by Gasteiger charge is -2.46. The molecule has 1 aromatic carbocycles. The second-order valence-corrected chi connectivity index (χ2v) is 9.02. The van der Waals surface area contributed by atoms with Crippen LogP contribution < -0.4 is 10.1 Å². The van der Waals surface area contributed by atoms with E-state index in [1.54, 1.807) is 32.0 Å². The monoisotopic (exact) mass is 409 g/mol. The van der Waals surface area contributed by atoms with Crippen LogP contribution in [0.1, 0.15) is 65.4 Å². The van der Waals surface area contributed by atoms with Gasteiger partial charge < -0.3 is 15.2 Å². The molecule has 3 rings (SSSR count). The molecule has 28 heavy (non-hydrogen) atoms. The predicted molar refractivity (Wildman–Crippen MR) is 111 cm³/mol. The number of aliphatic carboxylic acids is 1. The summed E-state index contributed by atoms with van der Waals surface area (Å²) < 4.78 is 5.99. The summed E-state index contributed by atoms with van der Waals surface area (Å²) in [5, 5.41) is 13.4. The van der Waals surface area contributed by atoms with Crippen molar-refractivity contribution in [2.24, 2.45) is 11.3 Å². The Morgan fingerprint density at radius 1 is 1.29 bits per heavy atom. The van der Waals surface area contributed by atoms with Gasteiger partial charge in [-0.15, -0.1) is 0 Å². The van der Waals surface area contributed by atoms with E-state index in [0.717, 1.165) is 24.8 Å². The SMILES string of the molecule is C.Cc1cc(Cl)ccc1OC(C)(C)C(=O)NC1CCC2(C(=O)O)CCC[C@H]1C2. The predicted octanol–water partition coefficient (Wildman–Crippen LogP) is 4.98. The van der Waals surface area contributed by atoms with Crippen molar-refractivity contribution in [1.29, 1.82) is 0 Å². The Morgan fingerprint density at radius 2 is 2.00 bits per heavy atom. The molecule has 0 radical (unpaired) electrons. The number of carbonyl (C=O) groups is 2. The van der Waals surface area contributed by atoms with Crippen molar-refractivity contribution >= 4 is 23.5 Å².